The van der Waals surface area contributed by atoms with E-state index in [0.717, 1.165) is 22.8 Å². The molecule has 6 heteroatoms. The van der Waals surface area contributed by atoms with Gasteiger partial charge in [0.2, 0.25) is 5.91 Å². The van der Waals surface area contributed by atoms with Crippen LogP contribution < -0.4 is 9.47 Å². The van der Waals surface area contributed by atoms with E-state index in [2.05, 4.69) is 0 Å². The molecule has 22 heavy (non-hydrogen) atoms. The molecule has 5 nitrogen and oxygen atoms in total. The maximum absolute atomic E-state index is 12.2. The molecule has 0 spiro atoms. The highest BCUT2D eigenvalue weighted by molar-refractivity contribution is 8.00. The fourth-order valence-electron chi connectivity index (χ4n) is 2.49. The zero-order chi connectivity index (χ0) is 15.5. The lowest BCUT2D eigenvalue weighted by molar-refractivity contribution is -0.128. The lowest BCUT2D eigenvalue weighted by Gasteiger charge is -2.25. The molecule has 1 aliphatic heterocycles. The van der Waals surface area contributed by atoms with Gasteiger partial charge >= 0.3 is 0 Å². The smallest absolute Gasteiger partial charge is 0.234 e. The van der Waals surface area contributed by atoms with Crippen molar-refractivity contribution >= 4 is 17.7 Å². The molecular weight excluding hydrogens is 302 g/mol. The summed E-state index contributed by atoms with van der Waals surface area (Å²) in [4.78, 5) is 14.0. The van der Waals surface area contributed by atoms with Gasteiger partial charge in [-0.3, -0.25) is 4.79 Å². The number of nitrogens with zero attached hydrogens (tertiary/aromatic N) is 1. The highest BCUT2D eigenvalue weighted by atomic mass is 32.2. The molecule has 0 unspecified atom stereocenters. The second-order valence-corrected chi connectivity index (χ2v) is 5.94. The van der Waals surface area contributed by atoms with Crippen molar-refractivity contribution in [1.82, 2.24) is 4.90 Å². The van der Waals surface area contributed by atoms with Gasteiger partial charge in [0.1, 0.15) is 22.6 Å². The molecule has 2 aromatic rings. The maximum Gasteiger partial charge on any atom is 0.234 e. The third kappa shape index (κ3) is 2.78. The zero-order valence-corrected chi connectivity index (χ0v) is 13.3. The molecule has 116 valence electrons. The summed E-state index contributed by atoms with van der Waals surface area (Å²) in [5.74, 6) is 2.80. The summed E-state index contributed by atoms with van der Waals surface area (Å²) >= 11 is 1.58. The average Bonchev–Trinajstić information content (AvgIpc) is 3.18. The summed E-state index contributed by atoms with van der Waals surface area (Å²) in [6.45, 7) is 0.448. The minimum Gasteiger partial charge on any atom is -0.497 e. The van der Waals surface area contributed by atoms with Crippen molar-refractivity contribution in [3.63, 3.8) is 0 Å². The number of furan rings is 1. The molecular formula is C16H17NO4S. The lowest BCUT2D eigenvalue weighted by Crippen LogP contribution is -2.27. The fraction of sp³-hybridized carbons (Fsp3) is 0.312. The first-order chi connectivity index (χ1) is 10.7. The molecule has 1 aromatic carbocycles. The van der Waals surface area contributed by atoms with Crippen LogP contribution in [0.25, 0.3) is 0 Å². The normalized spacial score (nSPS) is 17.8. The van der Waals surface area contributed by atoms with Gasteiger partial charge < -0.3 is 18.8 Å². The summed E-state index contributed by atoms with van der Waals surface area (Å²) < 4.78 is 16.1. The van der Waals surface area contributed by atoms with Gasteiger partial charge in [-0.15, -0.1) is 11.8 Å². The van der Waals surface area contributed by atoms with E-state index >= 15 is 0 Å². The molecule has 0 radical (unpaired) electrons. The number of hydrogen-bond donors (Lipinski definition) is 0. The molecule has 0 aliphatic carbocycles. The number of carbonyl (C=O) groups is 1. The van der Waals surface area contributed by atoms with Crippen LogP contribution in [0.15, 0.2) is 41.0 Å². The number of amides is 1. The summed E-state index contributed by atoms with van der Waals surface area (Å²) in [6.07, 6.45) is 1.62. The quantitative estimate of drug-likeness (QED) is 0.848. The van der Waals surface area contributed by atoms with Gasteiger partial charge in [0, 0.05) is 5.56 Å². The third-order valence-electron chi connectivity index (χ3n) is 3.58. The molecule has 0 saturated carbocycles. The van der Waals surface area contributed by atoms with Gasteiger partial charge in [-0.2, -0.15) is 0 Å². The van der Waals surface area contributed by atoms with Gasteiger partial charge in [0.05, 0.1) is 32.8 Å². The van der Waals surface area contributed by atoms with Crippen molar-refractivity contribution in [3.05, 3.63) is 47.9 Å². The minimum atomic E-state index is -0.109. The van der Waals surface area contributed by atoms with Crippen molar-refractivity contribution < 1.29 is 18.7 Å². The molecule has 1 amide bonds. The Kier molecular flexibility index (Phi) is 4.29. The monoisotopic (exact) mass is 319 g/mol. The largest absolute Gasteiger partial charge is 0.497 e. The zero-order valence-electron chi connectivity index (χ0n) is 12.4. The van der Waals surface area contributed by atoms with Gasteiger partial charge in [0.25, 0.3) is 0 Å². The Labute approximate surface area is 133 Å². The first-order valence-electron chi connectivity index (χ1n) is 6.88. The van der Waals surface area contributed by atoms with Crippen LogP contribution >= 0.6 is 11.8 Å². The highest BCUT2D eigenvalue weighted by Gasteiger charge is 2.35. The van der Waals surface area contributed by atoms with Gasteiger partial charge in [-0.05, 0) is 30.3 Å². The third-order valence-corrected chi connectivity index (χ3v) is 4.82. The van der Waals surface area contributed by atoms with Crippen LogP contribution in [-0.4, -0.2) is 30.8 Å². The number of methoxy groups -OCH3 is 2. The summed E-state index contributed by atoms with van der Waals surface area (Å²) in [6, 6.07) is 9.33. The van der Waals surface area contributed by atoms with Gasteiger partial charge in [-0.1, -0.05) is 0 Å². The van der Waals surface area contributed by atoms with E-state index in [0.29, 0.717) is 12.3 Å². The first-order valence-corrected chi connectivity index (χ1v) is 7.93. The van der Waals surface area contributed by atoms with E-state index in [-0.39, 0.29) is 11.3 Å². The van der Waals surface area contributed by atoms with E-state index in [1.807, 2.05) is 30.3 Å². The predicted molar refractivity (Wildman–Crippen MR) is 84.0 cm³/mol. The summed E-state index contributed by atoms with van der Waals surface area (Å²) in [5, 5.41) is -0.109. The van der Waals surface area contributed by atoms with Crippen LogP contribution in [0.3, 0.4) is 0 Å². The molecule has 1 saturated heterocycles. The minimum absolute atomic E-state index is 0.0938. The van der Waals surface area contributed by atoms with Crippen molar-refractivity contribution in [2.24, 2.45) is 0 Å². The summed E-state index contributed by atoms with van der Waals surface area (Å²) in [7, 11) is 3.25. The number of rotatable bonds is 5. The first kappa shape index (κ1) is 14.8. The Morgan fingerprint density at radius 3 is 2.86 bits per heavy atom. The molecule has 1 aliphatic rings. The van der Waals surface area contributed by atoms with Crippen LogP contribution in [0.2, 0.25) is 0 Å². The van der Waals surface area contributed by atoms with Crippen molar-refractivity contribution in [2.75, 3.05) is 20.0 Å². The van der Waals surface area contributed by atoms with E-state index < -0.39 is 0 Å². The SMILES string of the molecule is COc1ccc(OC)c([C@H]2SCC(=O)N2Cc2ccco2)c1. The standard InChI is InChI=1S/C16H17NO4S/c1-19-11-5-6-14(20-2)13(8-11)16-17(15(18)10-22-16)9-12-4-3-7-21-12/h3-8,16H,9-10H2,1-2H3/t16-/m1/s1. The number of ether oxygens (including phenoxy) is 2. The second-order valence-electron chi connectivity index (χ2n) is 4.87. The van der Waals surface area contributed by atoms with Gasteiger partial charge in [-0.25, -0.2) is 0 Å². The van der Waals surface area contributed by atoms with E-state index in [9.17, 15) is 4.79 Å². The Balaban J connectivity index is 1.93. The molecule has 0 N–H and O–H groups in total. The Morgan fingerprint density at radius 1 is 1.32 bits per heavy atom. The fourth-order valence-corrected chi connectivity index (χ4v) is 3.69. The van der Waals surface area contributed by atoms with Crippen LogP contribution in [0.1, 0.15) is 16.7 Å². The lowest BCUT2D eigenvalue weighted by atomic mass is 10.1. The Morgan fingerprint density at radius 2 is 2.18 bits per heavy atom. The molecule has 1 aromatic heterocycles. The van der Waals surface area contributed by atoms with Crippen molar-refractivity contribution in [1.29, 1.82) is 0 Å². The highest BCUT2D eigenvalue weighted by Crippen LogP contribution is 2.44. The van der Waals surface area contributed by atoms with Crippen molar-refractivity contribution in [2.45, 2.75) is 11.9 Å². The second kappa shape index (κ2) is 6.36. The molecule has 3 rings (SSSR count). The van der Waals surface area contributed by atoms with Crippen LogP contribution in [-0.2, 0) is 11.3 Å². The van der Waals surface area contributed by atoms with E-state index in [1.54, 1.807) is 37.1 Å². The average molecular weight is 319 g/mol. The Hall–Kier alpha value is -2.08. The van der Waals surface area contributed by atoms with E-state index in [4.69, 9.17) is 13.9 Å². The van der Waals surface area contributed by atoms with Gasteiger partial charge in [0.15, 0.2) is 0 Å². The Bertz CT molecular complexity index is 656. The number of carbonyl (C=O) groups excluding carboxylic acids is 1. The molecule has 1 atom stereocenters. The number of hydrogen-bond acceptors (Lipinski definition) is 5. The molecule has 0 bridgehead atoms. The number of thioether (sulfide) groups is 1. The predicted octanol–water partition coefficient (Wildman–Crippen LogP) is 3.07. The summed E-state index contributed by atoms with van der Waals surface area (Å²) in [5.41, 5.74) is 0.934. The topological polar surface area (TPSA) is 51.9 Å². The van der Waals surface area contributed by atoms with Crippen molar-refractivity contribution in [3.8, 4) is 11.5 Å². The molecule has 1 fully saturated rings. The van der Waals surface area contributed by atoms with Crippen LogP contribution in [0.4, 0.5) is 0 Å². The van der Waals surface area contributed by atoms with E-state index in [1.165, 1.54) is 0 Å². The van der Waals surface area contributed by atoms with Crippen LogP contribution in [0.5, 0.6) is 11.5 Å². The maximum atomic E-state index is 12.2. The number of benzene rings is 1. The van der Waals surface area contributed by atoms with Crippen LogP contribution in [0, 0.1) is 0 Å². The molecule has 2 heterocycles.